The van der Waals surface area contributed by atoms with Gasteiger partial charge in [0.25, 0.3) is 0 Å². The minimum absolute atomic E-state index is 0.267. The van der Waals surface area contributed by atoms with Crippen molar-refractivity contribution in [2.24, 2.45) is 0 Å². The van der Waals surface area contributed by atoms with Crippen LogP contribution in [0.5, 0.6) is 5.75 Å². The first-order valence-electron chi connectivity index (χ1n) is 11.6. The van der Waals surface area contributed by atoms with Gasteiger partial charge in [-0.2, -0.15) is 0 Å². The van der Waals surface area contributed by atoms with E-state index in [1.54, 1.807) is 4.90 Å². The summed E-state index contributed by atoms with van der Waals surface area (Å²) in [6.07, 6.45) is 1.11. The van der Waals surface area contributed by atoms with Crippen LogP contribution < -0.4 is 9.64 Å². The van der Waals surface area contributed by atoms with E-state index in [1.165, 1.54) is 20.5 Å². The molecule has 188 valence electrons. The summed E-state index contributed by atoms with van der Waals surface area (Å²) in [4.78, 5) is 28.5. The van der Waals surface area contributed by atoms with E-state index < -0.39 is 11.6 Å². The number of amides is 1. The normalized spacial score (nSPS) is 14.4. The topological polar surface area (TPSA) is 77.5 Å². The molecule has 2 aromatic carbocycles. The molecular formula is C27H34N2O6. The first kappa shape index (κ1) is 25.9. The van der Waals surface area contributed by atoms with Crippen molar-refractivity contribution in [1.29, 1.82) is 0 Å². The lowest BCUT2D eigenvalue weighted by Gasteiger charge is -2.36. The molecule has 0 atom stereocenters. The smallest absolute Gasteiger partial charge is 0.410 e. The zero-order valence-electron chi connectivity index (χ0n) is 21.1. The van der Waals surface area contributed by atoms with Crippen LogP contribution in [0.15, 0.2) is 54.8 Å². The molecule has 8 heteroatoms. The van der Waals surface area contributed by atoms with E-state index in [2.05, 4.69) is 4.90 Å². The summed E-state index contributed by atoms with van der Waals surface area (Å²) in [6.45, 7) is 8.59. The van der Waals surface area contributed by atoms with Crippen molar-refractivity contribution >= 4 is 23.3 Å². The molecule has 1 saturated heterocycles. The monoisotopic (exact) mass is 482 g/mol. The van der Waals surface area contributed by atoms with Crippen LogP contribution in [0.3, 0.4) is 0 Å². The molecule has 8 nitrogen and oxygen atoms in total. The molecule has 0 aliphatic carbocycles. The second-order valence-corrected chi connectivity index (χ2v) is 9.15. The van der Waals surface area contributed by atoms with Gasteiger partial charge >= 0.3 is 12.1 Å². The summed E-state index contributed by atoms with van der Waals surface area (Å²) in [5.41, 5.74) is 2.43. The summed E-state index contributed by atoms with van der Waals surface area (Å²) in [7, 11) is 2.82. The molecule has 1 fully saturated rings. The second kappa shape index (κ2) is 11.6. The molecular weight excluding hydrogens is 448 g/mol. The SMILES string of the molecule is COC=C(C(=O)OC)c1ccccc1COc1ccc(N2CCN(C(=O)OC(C)(C)C)CC2)cc1. The van der Waals surface area contributed by atoms with Crippen molar-refractivity contribution in [3.05, 3.63) is 65.9 Å². The molecule has 0 radical (unpaired) electrons. The number of rotatable bonds is 7. The molecule has 2 aromatic rings. The first-order valence-corrected chi connectivity index (χ1v) is 11.6. The quantitative estimate of drug-likeness (QED) is 0.327. The maximum Gasteiger partial charge on any atom is 0.410 e. The number of ether oxygens (including phenoxy) is 4. The van der Waals surface area contributed by atoms with Crippen LogP contribution in [-0.4, -0.2) is 63.0 Å². The number of carbonyl (C=O) groups is 2. The third-order valence-corrected chi connectivity index (χ3v) is 5.48. The fourth-order valence-corrected chi connectivity index (χ4v) is 3.75. The van der Waals surface area contributed by atoms with Gasteiger partial charge in [-0.25, -0.2) is 9.59 Å². The van der Waals surface area contributed by atoms with Crippen molar-refractivity contribution in [2.45, 2.75) is 33.0 Å². The summed E-state index contributed by atoms with van der Waals surface area (Å²) in [5, 5.41) is 0. The number of carbonyl (C=O) groups excluding carboxylic acids is 2. The maximum atomic E-state index is 12.3. The number of hydrogen-bond donors (Lipinski definition) is 0. The van der Waals surface area contributed by atoms with Crippen LogP contribution in [0, 0.1) is 0 Å². The van der Waals surface area contributed by atoms with Gasteiger partial charge < -0.3 is 28.7 Å². The van der Waals surface area contributed by atoms with Gasteiger partial charge in [0.1, 0.15) is 23.5 Å². The zero-order valence-corrected chi connectivity index (χ0v) is 21.1. The Kier molecular flexibility index (Phi) is 8.63. The number of methoxy groups -OCH3 is 2. The van der Waals surface area contributed by atoms with Gasteiger partial charge in [0.05, 0.1) is 20.5 Å². The van der Waals surface area contributed by atoms with Crippen molar-refractivity contribution in [3.8, 4) is 5.75 Å². The van der Waals surface area contributed by atoms with Gasteiger partial charge in [-0.15, -0.1) is 0 Å². The maximum absolute atomic E-state index is 12.3. The van der Waals surface area contributed by atoms with Crippen molar-refractivity contribution in [3.63, 3.8) is 0 Å². The average Bonchev–Trinajstić information content (AvgIpc) is 2.85. The van der Waals surface area contributed by atoms with Gasteiger partial charge in [0.2, 0.25) is 0 Å². The van der Waals surface area contributed by atoms with Crippen LogP contribution in [0.2, 0.25) is 0 Å². The number of nitrogens with zero attached hydrogens (tertiary/aromatic N) is 2. The molecule has 1 aliphatic rings. The lowest BCUT2D eigenvalue weighted by Crippen LogP contribution is -2.50. The summed E-state index contributed by atoms with van der Waals surface area (Å²) in [6, 6.07) is 15.3. The van der Waals surface area contributed by atoms with Crippen molar-refractivity contribution < 1.29 is 28.5 Å². The number of benzene rings is 2. The fourth-order valence-electron chi connectivity index (χ4n) is 3.75. The molecule has 35 heavy (non-hydrogen) atoms. The molecule has 0 spiro atoms. The highest BCUT2D eigenvalue weighted by Crippen LogP contribution is 2.25. The summed E-state index contributed by atoms with van der Waals surface area (Å²) >= 11 is 0. The van der Waals surface area contributed by atoms with Crippen molar-refractivity contribution in [2.75, 3.05) is 45.3 Å². The molecule has 3 rings (SSSR count). The molecule has 0 saturated carbocycles. The van der Waals surface area contributed by atoms with E-state index in [-0.39, 0.29) is 12.7 Å². The largest absolute Gasteiger partial charge is 0.503 e. The minimum atomic E-state index is -0.495. The van der Waals surface area contributed by atoms with Gasteiger partial charge in [-0.3, -0.25) is 0 Å². The highest BCUT2D eigenvalue weighted by atomic mass is 16.6. The van der Waals surface area contributed by atoms with E-state index in [0.29, 0.717) is 30.0 Å². The number of esters is 1. The molecule has 1 heterocycles. The van der Waals surface area contributed by atoms with Gasteiger partial charge in [-0.1, -0.05) is 24.3 Å². The van der Waals surface area contributed by atoms with E-state index >= 15 is 0 Å². The Morgan fingerprint density at radius 3 is 2.20 bits per heavy atom. The Balaban J connectivity index is 1.59. The lowest BCUT2D eigenvalue weighted by atomic mass is 10.0. The second-order valence-electron chi connectivity index (χ2n) is 9.15. The number of piperazine rings is 1. The van der Waals surface area contributed by atoms with E-state index in [9.17, 15) is 9.59 Å². The van der Waals surface area contributed by atoms with E-state index in [4.69, 9.17) is 18.9 Å². The molecule has 0 N–H and O–H groups in total. The van der Waals surface area contributed by atoms with Gasteiger partial charge in [0, 0.05) is 31.9 Å². The predicted octanol–water partition coefficient (Wildman–Crippen LogP) is 4.48. The van der Waals surface area contributed by atoms with Crippen LogP contribution in [0.4, 0.5) is 10.5 Å². The standard InChI is InChI=1S/C27H34N2O6/c1-27(2,3)35-26(31)29-16-14-28(15-17-29)21-10-12-22(13-11-21)34-18-20-8-6-7-9-23(20)24(19-32-4)25(30)33-5/h6-13,19H,14-18H2,1-5H3. The van der Waals surface area contributed by atoms with Crippen LogP contribution in [0.25, 0.3) is 5.57 Å². The van der Waals surface area contributed by atoms with Gasteiger partial charge in [-0.05, 0) is 56.2 Å². The van der Waals surface area contributed by atoms with Crippen LogP contribution in [0.1, 0.15) is 31.9 Å². The predicted molar refractivity (Wildman–Crippen MR) is 134 cm³/mol. The Bertz CT molecular complexity index is 1030. The third-order valence-electron chi connectivity index (χ3n) is 5.48. The average molecular weight is 483 g/mol. The third kappa shape index (κ3) is 7.15. The molecule has 1 aliphatic heterocycles. The minimum Gasteiger partial charge on any atom is -0.503 e. The number of hydrogen-bond acceptors (Lipinski definition) is 7. The molecule has 0 aromatic heterocycles. The highest BCUT2D eigenvalue weighted by Gasteiger charge is 2.26. The van der Waals surface area contributed by atoms with Crippen LogP contribution in [-0.2, 0) is 25.6 Å². The van der Waals surface area contributed by atoms with Crippen LogP contribution >= 0.6 is 0 Å². The van der Waals surface area contributed by atoms with Crippen molar-refractivity contribution in [1.82, 2.24) is 4.90 Å². The van der Waals surface area contributed by atoms with E-state index in [1.807, 2.05) is 69.3 Å². The first-order chi connectivity index (χ1) is 16.7. The Hall–Kier alpha value is -3.68. The zero-order chi connectivity index (χ0) is 25.4. The van der Waals surface area contributed by atoms with E-state index in [0.717, 1.165) is 24.3 Å². The Labute approximate surface area is 207 Å². The lowest BCUT2D eigenvalue weighted by molar-refractivity contribution is -0.133. The molecule has 0 unspecified atom stereocenters. The fraction of sp³-hybridized carbons (Fsp3) is 0.407. The summed E-state index contributed by atoms with van der Waals surface area (Å²) < 4.78 is 21.4. The highest BCUT2D eigenvalue weighted by molar-refractivity contribution is 6.16. The molecule has 1 amide bonds. The number of anilines is 1. The molecule has 0 bridgehead atoms. The Morgan fingerprint density at radius 1 is 0.943 bits per heavy atom. The summed E-state index contributed by atoms with van der Waals surface area (Å²) in [5.74, 6) is 0.238. The Morgan fingerprint density at radius 2 is 1.60 bits per heavy atom. The van der Waals surface area contributed by atoms with Gasteiger partial charge in [0.15, 0.2) is 0 Å².